The van der Waals surface area contributed by atoms with Gasteiger partial charge in [0.15, 0.2) is 0 Å². The summed E-state index contributed by atoms with van der Waals surface area (Å²) in [7, 11) is 0. The predicted octanol–water partition coefficient (Wildman–Crippen LogP) is 4.93. The topological polar surface area (TPSA) is 102 Å². The molecule has 2 rings (SSSR count). The number of halogens is 1. The van der Waals surface area contributed by atoms with Crippen molar-refractivity contribution in [3.05, 3.63) is 28.3 Å². The molecule has 0 bridgehead atoms. The van der Waals surface area contributed by atoms with Gasteiger partial charge in [-0.05, 0) is 60.6 Å². The molecule has 0 radical (unpaired) electrons. The predicted molar refractivity (Wildman–Crippen MR) is 122 cm³/mol. The maximum Gasteiger partial charge on any atom is 0.424 e. The van der Waals surface area contributed by atoms with Crippen LogP contribution < -0.4 is 4.90 Å². The van der Waals surface area contributed by atoms with Gasteiger partial charge in [-0.3, -0.25) is 9.59 Å². The highest BCUT2D eigenvalue weighted by molar-refractivity contribution is 6.32. The van der Waals surface area contributed by atoms with Crippen LogP contribution in [0.3, 0.4) is 0 Å². The summed E-state index contributed by atoms with van der Waals surface area (Å²) in [6.07, 6.45) is -1.97. The van der Waals surface area contributed by atoms with Crippen LogP contribution in [0.25, 0.3) is 0 Å². The van der Waals surface area contributed by atoms with Crippen LogP contribution in [-0.2, 0) is 25.5 Å². The number of rotatable bonds is 5. The maximum atomic E-state index is 13.2. The van der Waals surface area contributed by atoms with E-state index in [2.05, 4.69) is 0 Å². The van der Waals surface area contributed by atoms with E-state index in [1.165, 1.54) is 17.0 Å². The third-order valence-corrected chi connectivity index (χ3v) is 4.72. The number of imide groups is 1. The SMILES string of the molecule is CCOC(=O)CCN1Cc2c(Cl)ccc(N(C(=O)OC(C)(C)C)C(=O)OC(C)(C)C)c2C1=O. The van der Waals surface area contributed by atoms with Gasteiger partial charge in [-0.15, -0.1) is 0 Å². The van der Waals surface area contributed by atoms with Crippen LogP contribution in [0.1, 0.15) is 70.8 Å². The fraction of sp³-hybridized carbons (Fsp3) is 0.565. The van der Waals surface area contributed by atoms with Crippen molar-refractivity contribution in [2.75, 3.05) is 18.1 Å². The van der Waals surface area contributed by atoms with Crippen LogP contribution in [0.4, 0.5) is 15.3 Å². The molecular weight excluding hydrogens is 452 g/mol. The molecular formula is C23H31ClN2O7. The fourth-order valence-electron chi connectivity index (χ4n) is 3.14. The summed E-state index contributed by atoms with van der Waals surface area (Å²) < 4.78 is 15.8. The molecule has 0 atom stereocenters. The number of hydrogen-bond acceptors (Lipinski definition) is 7. The van der Waals surface area contributed by atoms with Gasteiger partial charge >= 0.3 is 18.2 Å². The van der Waals surface area contributed by atoms with Crippen molar-refractivity contribution < 1.29 is 33.4 Å². The Balaban J connectivity index is 2.47. The molecule has 182 valence electrons. The molecule has 0 aliphatic carbocycles. The second-order valence-corrected chi connectivity index (χ2v) is 9.91. The molecule has 1 heterocycles. The summed E-state index contributed by atoms with van der Waals surface area (Å²) in [5.41, 5.74) is -1.27. The van der Waals surface area contributed by atoms with E-state index in [0.717, 1.165) is 0 Å². The Hall–Kier alpha value is -2.81. The van der Waals surface area contributed by atoms with Crippen molar-refractivity contribution in [2.24, 2.45) is 0 Å². The summed E-state index contributed by atoms with van der Waals surface area (Å²) >= 11 is 6.34. The number of nitrogens with zero attached hydrogens (tertiary/aromatic N) is 2. The van der Waals surface area contributed by atoms with E-state index in [9.17, 15) is 19.2 Å². The second kappa shape index (κ2) is 9.99. The molecule has 0 saturated heterocycles. The molecule has 0 fully saturated rings. The number of amides is 3. The number of fused-ring (bicyclic) bond motifs is 1. The smallest absolute Gasteiger partial charge is 0.424 e. The number of hydrogen-bond donors (Lipinski definition) is 0. The Morgan fingerprint density at radius 1 is 1.03 bits per heavy atom. The van der Waals surface area contributed by atoms with Crippen LogP contribution in [0.2, 0.25) is 5.02 Å². The van der Waals surface area contributed by atoms with Crippen molar-refractivity contribution in [1.82, 2.24) is 4.90 Å². The molecule has 1 aromatic rings. The molecule has 9 nitrogen and oxygen atoms in total. The van der Waals surface area contributed by atoms with Gasteiger partial charge in [0.05, 0.1) is 24.3 Å². The Morgan fingerprint density at radius 3 is 2.06 bits per heavy atom. The monoisotopic (exact) mass is 482 g/mol. The van der Waals surface area contributed by atoms with Crippen LogP contribution >= 0.6 is 11.6 Å². The minimum atomic E-state index is -0.987. The number of carbonyl (C=O) groups is 4. The fourth-order valence-corrected chi connectivity index (χ4v) is 3.35. The van der Waals surface area contributed by atoms with Crippen molar-refractivity contribution in [1.29, 1.82) is 0 Å². The Labute approximate surface area is 198 Å². The van der Waals surface area contributed by atoms with Crippen LogP contribution in [0.5, 0.6) is 0 Å². The van der Waals surface area contributed by atoms with Gasteiger partial charge < -0.3 is 19.1 Å². The zero-order valence-electron chi connectivity index (χ0n) is 20.1. The van der Waals surface area contributed by atoms with E-state index >= 15 is 0 Å². The summed E-state index contributed by atoms with van der Waals surface area (Å²) in [6.45, 7) is 12.1. The first-order valence-corrected chi connectivity index (χ1v) is 11.0. The first-order valence-electron chi connectivity index (χ1n) is 10.7. The number of ether oxygens (including phenoxy) is 3. The lowest BCUT2D eigenvalue weighted by Gasteiger charge is -2.29. The molecule has 0 N–H and O–H groups in total. The lowest BCUT2D eigenvalue weighted by atomic mass is 10.1. The Morgan fingerprint density at radius 2 is 1.58 bits per heavy atom. The number of esters is 1. The Kier molecular flexibility index (Phi) is 8.00. The minimum absolute atomic E-state index is 0.00142. The number of anilines is 1. The summed E-state index contributed by atoms with van der Waals surface area (Å²) in [4.78, 5) is 53.2. The highest BCUT2D eigenvalue weighted by Crippen LogP contribution is 2.37. The van der Waals surface area contributed by atoms with E-state index in [-0.39, 0.29) is 37.4 Å². The quantitative estimate of drug-likeness (QED) is 0.433. The number of carbonyl (C=O) groups excluding carboxylic acids is 4. The average molecular weight is 483 g/mol. The average Bonchev–Trinajstić information content (AvgIpc) is 2.97. The molecule has 0 aromatic heterocycles. The first kappa shape index (κ1) is 26.4. The van der Waals surface area contributed by atoms with Crippen molar-refractivity contribution in [2.45, 2.75) is 72.6 Å². The molecule has 33 heavy (non-hydrogen) atoms. The second-order valence-electron chi connectivity index (χ2n) is 9.50. The standard InChI is InChI=1S/C23H31ClN2O7/c1-8-31-17(27)11-12-25-13-14-15(24)9-10-16(18(14)19(25)28)26(20(29)32-22(2,3)4)21(30)33-23(5,6)7/h9-10H,8,11-13H2,1-7H3. The van der Waals surface area contributed by atoms with E-state index < -0.39 is 35.3 Å². The van der Waals surface area contributed by atoms with Gasteiger partial charge in [0.25, 0.3) is 5.91 Å². The van der Waals surface area contributed by atoms with E-state index in [0.29, 0.717) is 15.5 Å². The lowest BCUT2D eigenvalue weighted by Crippen LogP contribution is -2.44. The molecule has 10 heteroatoms. The number of benzene rings is 1. The largest absolute Gasteiger partial charge is 0.466 e. The minimum Gasteiger partial charge on any atom is -0.466 e. The molecule has 1 aromatic carbocycles. The van der Waals surface area contributed by atoms with Gasteiger partial charge in [-0.1, -0.05) is 11.6 Å². The molecule has 1 aliphatic heterocycles. The normalized spacial score (nSPS) is 13.5. The van der Waals surface area contributed by atoms with Crippen LogP contribution in [-0.4, -0.2) is 53.3 Å². The summed E-state index contributed by atoms with van der Waals surface area (Å²) in [6, 6.07) is 2.90. The Bertz CT molecular complexity index is 919. The molecule has 1 aliphatic rings. The van der Waals surface area contributed by atoms with Gasteiger partial charge in [-0.25, -0.2) is 9.59 Å². The lowest BCUT2D eigenvalue weighted by molar-refractivity contribution is -0.143. The van der Waals surface area contributed by atoms with Crippen molar-refractivity contribution in [3.8, 4) is 0 Å². The van der Waals surface area contributed by atoms with Crippen LogP contribution in [0, 0.1) is 0 Å². The third-order valence-electron chi connectivity index (χ3n) is 4.37. The summed E-state index contributed by atoms with van der Waals surface area (Å²) in [5, 5.41) is 0.300. The highest BCUT2D eigenvalue weighted by Gasteiger charge is 2.39. The zero-order chi connectivity index (χ0) is 25.1. The van der Waals surface area contributed by atoms with Crippen LogP contribution in [0.15, 0.2) is 12.1 Å². The third kappa shape index (κ3) is 6.83. The molecule has 0 unspecified atom stereocenters. The van der Waals surface area contributed by atoms with Gasteiger partial charge in [-0.2, -0.15) is 4.90 Å². The highest BCUT2D eigenvalue weighted by atomic mass is 35.5. The maximum absolute atomic E-state index is 13.2. The molecule has 0 spiro atoms. The first-order chi connectivity index (χ1) is 15.1. The van der Waals surface area contributed by atoms with Gasteiger partial charge in [0, 0.05) is 23.7 Å². The molecule has 0 saturated carbocycles. The van der Waals surface area contributed by atoms with Crippen molar-refractivity contribution >= 4 is 41.4 Å². The zero-order valence-corrected chi connectivity index (χ0v) is 20.9. The van der Waals surface area contributed by atoms with Gasteiger partial charge in [0.1, 0.15) is 11.2 Å². The van der Waals surface area contributed by atoms with E-state index in [1.54, 1.807) is 48.5 Å². The van der Waals surface area contributed by atoms with E-state index in [1.807, 2.05) is 0 Å². The van der Waals surface area contributed by atoms with Crippen molar-refractivity contribution in [3.63, 3.8) is 0 Å². The van der Waals surface area contributed by atoms with Gasteiger partial charge in [0.2, 0.25) is 0 Å². The molecule has 3 amide bonds. The summed E-state index contributed by atoms with van der Waals surface area (Å²) in [5.74, 6) is -0.902. The van der Waals surface area contributed by atoms with E-state index in [4.69, 9.17) is 25.8 Å².